The number of aryl methyl sites for hydroxylation is 1. The molecule has 1 aromatic heterocycles. The summed E-state index contributed by atoms with van der Waals surface area (Å²) in [5, 5.41) is 31.6. The molecule has 0 unspecified atom stereocenters. The number of nitrogens with one attached hydrogen (secondary N) is 3. The summed E-state index contributed by atoms with van der Waals surface area (Å²) in [7, 11) is 0. The van der Waals surface area contributed by atoms with Gasteiger partial charge in [-0.15, -0.1) is 0 Å². The number of rotatable bonds is 21. The number of nitrogens with zero attached hydrogens (tertiary/aromatic N) is 3. The average molecular weight is 621 g/mol. The molecule has 1 aromatic carbocycles. The fourth-order valence-corrected chi connectivity index (χ4v) is 4.57. The molecule has 2 aromatic rings. The Morgan fingerprint density at radius 3 is 2.44 bits per heavy atom. The summed E-state index contributed by atoms with van der Waals surface area (Å²) in [4.78, 5) is 22.3. The lowest BCUT2D eigenvalue weighted by Gasteiger charge is -2.22. The first kappa shape index (κ1) is 36.0. The molecule has 240 valence electrons. The summed E-state index contributed by atoms with van der Waals surface area (Å²) in [5.74, 6) is -0.240. The molecule has 1 atom stereocenters. The molecule has 0 spiro atoms. The maximum atomic E-state index is 12.3. The van der Waals surface area contributed by atoms with Crippen molar-refractivity contribution >= 4 is 35.1 Å². The molecule has 9 N–H and O–H groups in total. The lowest BCUT2D eigenvalue weighted by Crippen LogP contribution is -2.41. The fraction of sp³-hybridized carbons (Fsp3) is 0.600. The van der Waals surface area contributed by atoms with Gasteiger partial charge in [-0.05, 0) is 75.7 Å². The standard InChI is InChI=1S/C30H49ClN8O4/c1-2-3-4-8-17-39(18-9-6-11-23(41)21-40)19-20-43-24-14-12-22(13-15-24)10-5-7-16-35-30(34)38-29(42)25-27(32)37-28(33)26(31)36-25/h12-15,23,40-41H,2-11,16-21H2,1H3,(H4,32,33,37)(H3,34,35,38,42)/t23-/m0/s1. The van der Waals surface area contributed by atoms with Crippen LogP contribution in [0.25, 0.3) is 0 Å². The zero-order chi connectivity index (χ0) is 31.5. The van der Waals surface area contributed by atoms with Crippen molar-refractivity contribution in [2.24, 2.45) is 0 Å². The maximum Gasteiger partial charge on any atom is 0.280 e. The lowest BCUT2D eigenvalue weighted by atomic mass is 10.1. The van der Waals surface area contributed by atoms with Crippen molar-refractivity contribution in [3.05, 3.63) is 40.7 Å². The summed E-state index contributed by atoms with van der Waals surface area (Å²) in [6, 6.07) is 8.14. The van der Waals surface area contributed by atoms with E-state index < -0.39 is 12.0 Å². The van der Waals surface area contributed by atoms with Gasteiger partial charge in [-0.3, -0.25) is 20.4 Å². The predicted octanol–water partition coefficient (Wildman–Crippen LogP) is 3.36. The van der Waals surface area contributed by atoms with Crippen molar-refractivity contribution in [1.82, 2.24) is 25.5 Å². The van der Waals surface area contributed by atoms with Crippen LogP contribution in [0.15, 0.2) is 24.3 Å². The number of amides is 1. The van der Waals surface area contributed by atoms with Crippen molar-refractivity contribution in [1.29, 1.82) is 5.41 Å². The van der Waals surface area contributed by atoms with Gasteiger partial charge in [-0.25, -0.2) is 9.97 Å². The minimum Gasteiger partial charge on any atom is -0.492 e. The second kappa shape index (κ2) is 20.7. The number of aliphatic hydroxyl groups is 2. The number of carbonyl (C=O) groups is 1. The second-order valence-electron chi connectivity index (χ2n) is 10.6. The fourth-order valence-electron chi connectivity index (χ4n) is 4.44. The molecule has 0 aliphatic carbocycles. The number of nitrogen functional groups attached to an aromatic ring is 2. The van der Waals surface area contributed by atoms with Crippen LogP contribution in [-0.2, 0) is 6.42 Å². The predicted molar refractivity (Wildman–Crippen MR) is 171 cm³/mol. The molecule has 0 bridgehead atoms. The van der Waals surface area contributed by atoms with Gasteiger partial charge >= 0.3 is 0 Å². The molecule has 0 fully saturated rings. The molecular weight excluding hydrogens is 572 g/mol. The largest absolute Gasteiger partial charge is 0.492 e. The topological polar surface area (TPSA) is 196 Å². The van der Waals surface area contributed by atoms with Crippen LogP contribution in [0, 0.1) is 5.41 Å². The zero-order valence-electron chi connectivity index (χ0n) is 25.3. The summed E-state index contributed by atoms with van der Waals surface area (Å²) in [5.41, 5.74) is 12.2. The van der Waals surface area contributed by atoms with E-state index in [9.17, 15) is 9.90 Å². The van der Waals surface area contributed by atoms with E-state index in [0.29, 0.717) is 19.6 Å². The third-order valence-corrected chi connectivity index (χ3v) is 7.23. The number of hydrogen-bond donors (Lipinski definition) is 7. The number of ether oxygens (including phenoxy) is 1. The number of benzene rings is 1. The molecular formula is C30H49ClN8O4. The van der Waals surface area contributed by atoms with Crippen molar-refractivity contribution in [2.45, 2.75) is 77.2 Å². The molecule has 2 rings (SSSR count). The van der Waals surface area contributed by atoms with Gasteiger partial charge in [0.1, 0.15) is 12.4 Å². The van der Waals surface area contributed by atoms with Gasteiger partial charge in [0.15, 0.2) is 28.4 Å². The normalized spacial score (nSPS) is 11.8. The summed E-state index contributed by atoms with van der Waals surface area (Å²) < 4.78 is 6.02. The van der Waals surface area contributed by atoms with Crippen molar-refractivity contribution < 1.29 is 19.7 Å². The van der Waals surface area contributed by atoms with E-state index in [0.717, 1.165) is 57.5 Å². The molecule has 0 saturated carbocycles. The highest BCUT2D eigenvalue weighted by atomic mass is 35.5. The molecule has 1 heterocycles. The van der Waals surface area contributed by atoms with Gasteiger partial charge < -0.3 is 31.7 Å². The minimum absolute atomic E-state index is 0.0674. The molecule has 12 nitrogen and oxygen atoms in total. The first-order valence-corrected chi connectivity index (χ1v) is 15.6. The Labute approximate surface area is 260 Å². The first-order chi connectivity index (χ1) is 20.7. The average Bonchev–Trinajstić information content (AvgIpc) is 2.99. The minimum atomic E-state index is -0.693. The van der Waals surface area contributed by atoms with E-state index in [4.69, 9.17) is 38.3 Å². The Hall–Kier alpha value is -3.19. The van der Waals surface area contributed by atoms with Gasteiger partial charge in [-0.1, -0.05) is 49.9 Å². The Bertz CT molecular complexity index is 1110. The Balaban J connectivity index is 1.65. The number of unbranched alkanes of at least 4 members (excludes halogenated alkanes) is 5. The van der Waals surface area contributed by atoms with E-state index >= 15 is 0 Å². The quantitative estimate of drug-likeness (QED) is 0.0617. The molecule has 13 heteroatoms. The number of aliphatic hydroxyl groups excluding tert-OH is 2. The second-order valence-corrected chi connectivity index (χ2v) is 10.9. The number of anilines is 2. The summed E-state index contributed by atoms with van der Waals surface area (Å²) in [6.45, 7) is 6.04. The van der Waals surface area contributed by atoms with Gasteiger partial charge in [0.25, 0.3) is 5.91 Å². The van der Waals surface area contributed by atoms with Gasteiger partial charge in [0, 0.05) is 13.1 Å². The van der Waals surface area contributed by atoms with Crippen LogP contribution in [0.5, 0.6) is 5.75 Å². The zero-order valence-corrected chi connectivity index (χ0v) is 26.0. The van der Waals surface area contributed by atoms with Gasteiger partial charge in [0.2, 0.25) is 0 Å². The molecule has 0 saturated heterocycles. The van der Waals surface area contributed by atoms with Crippen LogP contribution in [0.2, 0.25) is 5.15 Å². The molecule has 0 radical (unpaired) electrons. The molecule has 1 amide bonds. The van der Waals surface area contributed by atoms with Crippen molar-refractivity contribution in [3.63, 3.8) is 0 Å². The monoisotopic (exact) mass is 620 g/mol. The number of nitrogens with two attached hydrogens (primary N) is 2. The van der Waals surface area contributed by atoms with Crippen molar-refractivity contribution in [3.8, 4) is 5.75 Å². The number of aromatic nitrogens is 2. The number of halogens is 1. The molecule has 0 aliphatic rings. The highest BCUT2D eigenvalue weighted by molar-refractivity contribution is 6.31. The Morgan fingerprint density at radius 2 is 1.74 bits per heavy atom. The Morgan fingerprint density at radius 1 is 1.02 bits per heavy atom. The van der Waals surface area contributed by atoms with Crippen LogP contribution >= 0.6 is 11.6 Å². The first-order valence-electron chi connectivity index (χ1n) is 15.2. The van der Waals surface area contributed by atoms with Crippen LogP contribution in [0.4, 0.5) is 11.6 Å². The Kier molecular flexibility index (Phi) is 17.3. The summed E-state index contributed by atoms with van der Waals surface area (Å²) in [6.07, 6.45) is 9.39. The van der Waals surface area contributed by atoms with Crippen LogP contribution in [0.3, 0.4) is 0 Å². The van der Waals surface area contributed by atoms with Gasteiger partial charge in [0.05, 0.1) is 12.7 Å². The van der Waals surface area contributed by atoms with Crippen molar-refractivity contribution in [2.75, 3.05) is 50.9 Å². The number of guanidine groups is 1. The number of carbonyl (C=O) groups excluding carboxylic acids is 1. The maximum absolute atomic E-state index is 12.3. The number of hydrogen-bond acceptors (Lipinski definition) is 10. The smallest absolute Gasteiger partial charge is 0.280 e. The van der Waals surface area contributed by atoms with Crippen LogP contribution < -0.4 is 26.8 Å². The van der Waals surface area contributed by atoms with E-state index in [-0.39, 0.29) is 35.0 Å². The lowest BCUT2D eigenvalue weighted by molar-refractivity contribution is 0.0850. The molecule has 43 heavy (non-hydrogen) atoms. The van der Waals surface area contributed by atoms with Crippen LogP contribution in [-0.4, -0.2) is 82.4 Å². The van der Waals surface area contributed by atoms with E-state index in [1.54, 1.807) is 0 Å². The highest BCUT2D eigenvalue weighted by Gasteiger charge is 2.17. The van der Waals surface area contributed by atoms with Crippen LogP contribution in [0.1, 0.15) is 80.8 Å². The highest BCUT2D eigenvalue weighted by Crippen LogP contribution is 2.17. The SMILES string of the molecule is CCCCCCN(CCCC[C@H](O)CO)CCOc1ccc(CCCCNC(=N)NC(=O)c2nc(Cl)c(N)nc2N)cc1. The third-order valence-electron chi connectivity index (χ3n) is 6.95. The van der Waals surface area contributed by atoms with E-state index in [1.165, 1.54) is 31.2 Å². The summed E-state index contributed by atoms with van der Waals surface area (Å²) >= 11 is 5.81. The molecule has 0 aliphatic heterocycles. The van der Waals surface area contributed by atoms with E-state index in [2.05, 4.69) is 44.6 Å². The van der Waals surface area contributed by atoms with Gasteiger partial charge in [-0.2, -0.15) is 0 Å². The van der Waals surface area contributed by atoms with E-state index in [1.807, 2.05) is 12.1 Å². The third kappa shape index (κ3) is 14.7.